The summed E-state index contributed by atoms with van der Waals surface area (Å²) in [5.74, 6) is -0.857. The molecule has 0 aromatic carbocycles. The van der Waals surface area contributed by atoms with Gasteiger partial charge in [-0.2, -0.15) is 0 Å². The average molecular weight is 270 g/mol. The Morgan fingerprint density at radius 2 is 2.00 bits per heavy atom. The fraction of sp³-hybridized carbons (Fsp3) is 0.769. The van der Waals surface area contributed by atoms with E-state index in [0.717, 1.165) is 12.8 Å². The minimum absolute atomic E-state index is 0.0553. The van der Waals surface area contributed by atoms with E-state index >= 15 is 0 Å². The molecule has 0 aromatic heterocycles. The number of amides is 2. The molecular weight excluding hydrogens is 248 g/mol. The Balaban J connectivity index is 2.73. The second kappa shape index (κ2) is 6.65. The summed E-state index contributed by atoms with van der Waals surface area (Å²) in [5.41, 5.74) is 0. The summed E-state index contributed by atoms with van der Waals surface area (Å²) in [6, 6.07) is -1.28. The van der Waals surface area contributed by atoms with Crippen molar-refractivity contribution in [3.05, 3.63) is 0 Å². The molecule has 108 valence electrons. The number of hydrogen-bond acceptors (Lipinski definition) is 5. The SMILES string of the molecule is CCC(CC)N1C(=O)CC(NC(C)C(=O)OC)C1=O. The van der Waals surface area contributed by atoms with E-state index in [1.54, 1.807) is 6.92 Å². The summed E-state index contributed by atoms with van der Waals surface area (Å²) >= 11 is 0. The molecule has 1 aliphatic rings. The molecule has 1 heterocycles. The van der Waals surface area contributed by atoms with Crippen LogP contribution in [0.4, 0.5) is 0 Å². The maximum Gasteiger partial charge on any atom is 0.322 e. The number of likely N-dealkylation sites (tertiary alicyclic amines) is 1. The van der Waals surface area contributed by atoms with Gasteiger partial charge in [0, 0.05) is 6.04 Å². The predicted octanol–water partition coefficient (Wildman–Crippen LogP) is 0.454. The molecule has 2 amide bonds. The van der Waals surface area contributed by atoms with Crippen molar-refractivity contribution in [3.63, 3.8) is 0 Å². The van der Waals surface area contributed by atoms with Gasteiger partial charge in [0.15, 0.2) is 0 Å². The Morgan fingerprint density at radius 1 is 1.42 bits per heavy atom. The molecule has 6 heteroatoms. The first-order valence-electron chi connectivity index (χ1n) is 6.65. The molecular formula is C13H22N2O4. The Bertz CT molecular complexity index is 366. The van der Waals surface area contributed by atoms with Gasteiger partial charge >= 0.3 is 5.97 Å². The van der Waals surface area contributed by atoms with Crippen molar-refractivity contribution >= 4 is 17.8 Å². The van der Waals surface area contributed by atoms with Gasteiger partial charge < -0.3 is 4.74 Å². The summed E-state index contributed by atoms with van der Waals surface area (Å²) in [5, 5.41) is 2.86. The first-order chi connectivity index (χ1) is 8.96. The zero-order chi connectivity index (χ0) is 14.6. The van der Waals surface area contributed by atoms with E-state index in [4.69, 9.17) is 0 Å². The van der Waals surface area contributed by atoms with Gasteiger partial charge in [0.2, 0.25) is 11.8 Å². The lowest BCUT2D eigenvalue weighted by atomic mass is 10.1. The van der Waals surface area contributed by atoms with Gasteiger partial charge in [-0.15, -0.1) is 0 Å². The van der Waals surface area contributed by atoms with Crippen LogP contribution in [0, 0.1) is 0 Å². The average Bonchev–Trinajstić information content (AvgIpc) is 2.67. The van der Waals surface area contributed by atoms with Crippen LogP contribution < -0.4 is 5.32 Å². The molecule has 1 aliphatic heterocycles. The number of ether oxygens (including phenoxy) is 1. The number of carbonyl (C=O) groups is 3. The van der Waals surface area contributed by atoms with Gasteiger partial charge in [-0.3, -0.25) is 24.6 Å². The number of esters is 1. The van der Waals surface area contributed by atoms with Crippen molar-refractivity contribution in [1.82, 2.24) is 10.2 Å². The van der Waals surface area contributed by atoms with Crippen LogP contribution in [-0.2, 0) is 19.1 Å². The summed E-state index contributed by atoms with van der Waals surface area (Å²) in [7, 11) is 1.29. The van der Waals surface area contributed by atoms with Gasteiger partial charge in [-0.05, 0) is 19.8 Å². The lowest BCUT2D eigenvalue weighted by Gasteiger charge is -2.24. The van der Waals surface area contributed by atoms with Crippen LogP contribution in [0.15, 0.2) is 0 Å². The number of methoxy groups -OCH3 is 1. The van der Waals surface area contributed by atoms with Crippen LogP contribution in [-0.4, -0.2) is 47.9 Å². The highest BCUT2D eigenvalue weighted by atomic mass is 16.5. The van der Waals surface area contributed by atoms with Gasteiger partial charge in [0.25, 0.3) is 0 Å². The minimum atomic E-state index is -0.623. The fourth-order valence-corrected chi connectivity index (χ4v) is 2.37. The normalized spacial score (nSPS) is 21.1. The predicted molar refractivity (Wildman–Crippen MR) is 69.2 cm³/mol. The molecule has 19 heavy (non-hydrogen) atoms. The van der Waals surface area contributed by atoms with Crippen LogP contribution in [0.25, 0.3) is 0 Å². The van der Waals surface area contributed by atoms with Crippen molar-refractivity contribution in [2.75, 3.05) is 7.11 Å². The van der Waals surface area contributed by atoms with Crippen molar-refractivity contribution in [3.8, 4) is 0 Å². The molecule has 0 aliphatic carbocycles. The number of hydrogen-bond donors (Lipinski definition) is 1. The molecule has 1 rings (SSSR count). The molecule has 1 fully saturated rings. The molecule has 0 saturated carbocycles. The van der Waals surface area contributed by atoms with Gasteiger partial charge in [0.05, 0.1) is 19.6 Å². The van der Waals surface area contributed by atoms with E-state index in [1.165, 1.54) is 12.0 Å². The van der Waals surface area contributed by atoms with Crippen LogP contribution in [0.1, 0.15) is 40.0 Å². The summed E-state index contributed by atoms with van der Waals surface area (Å²) < 4.78 is 4.59. The lowest BCUT2D eigenvalue weighted by molar-refractivity contribution is -0.143. The molecule has 1 N–H and O–H groups in total. The summed E-state index contributed by atoms with van der Waals surface area (Å²) in [6.45, 7) is 5.52. The third-order valence-corrected chi connectivity index (χ3v) is 3.50. The second-order valence-corrected chi connectivity index (χ2v) is 4.74. The number of nitrogens with one attached hydrogen (secondary N) is 1. The maximum absolute atomic E-state index is 12.2. The van der Waals surface area contributed by atoms with Gasteiger partial charge in [-0.1, -0.05) is 13.8 Å². The first kappa shape index (κ1) is 15.6. The van der Waals surface area contributed by atoms with Crippen molar-refractivity contribution in [2.45, 2.75) is 58.2 Å². The van der Waals surface area contributed by atoms with E-state index in [1.807, 2.05) is 13.8 Å². The van der Waals surface area contributed by atoms with Crippen molar-refractivity contribution in [2.24, 2.45) is 0 Å². The molecule has 0 bridgehead atoms. The number of imide groups is 1. The first-order valence-corrected chi connectivity index (χ1v) is 6.65. The summed E-state index contributed by atoms with van der Waals surface area (Å²) in [4.78, 5) is 36.8. The largest absolute Gasteiger partial charge is 0.468 e. The molecule has 6 nitrogen and oxygen atoms in total. The highest BCUT2D eigenvalue weighted by Gasteiger charge is 2.42. The topological polar surface area (TPSA) is 75.7 Å². The van der Waals surface area contributed by atoms with E-state index < -0.39 is 18.1 Å². The van der Waals surface area contributed by atoms with Crippen LogP contribution in [0.3, 0.4) is 0 Å². The quantitative estimate of drug-likeness (QED) is 0.560. The number of carbonyl (C=O) groups excluding carboxylic acids is 3. The fourth-order valence-electron chi connectivity index (χ4n) is 2.37. The zero-order valence-electron chi connectivity index (χ0n) is 11.9. The van der Waals surface area contributed by atoms with Crippen molar-refractivity contribution < 1.29 is 19.1 Å². The van der Waals surface area contributed by atoms with E-state index in [2.05, 4.69) is 10.1 Å². The van der Waals surface area contributed by atoms with E-state index in [0.29, 0.717) is 0 Å². The van der Waals surface area contributed by atoms with E-state index in [9.17, 15) is 14.4 Å². The monoisotopic (exact) mass is 270 g/mol. The Hall–Kier alpha value is -1.43. The van der Waals surface area contributed by atoms with Gasteiger partial charge in [-0.25, -0.2) is 0 Å². The zero-order valence-corrected chi connectivity index (χ0v) is 11.9. The maximum atomic E-state index is 12.2. The molecule has 2 atom stereocenters. The third kappa shape index (κ3) is 3.32. The van der Waals surface area contributed by atoms with Gasteiger partial charge in [0.1, 0.15) is 6.04 Å². The number of rotatable bonds is 6. The molecule has 0 aromatic rings. The lowest BCUT2D eigenvalue weighted by Crippen LogP contribution is -2.48. The molecule has 0 spiro atoms. The number of nitrogens with zero attached hydrogens (tertiary/aromatic N) is 1. The third-order valence-electron chi connectivity index (χ3n) is 3.50. The Morgan fingerprint density at radius 3 is 2.47 bits per heavy atom. The highest BCUT2D eigenvalue weighted by Crippen LogP contribution is 2.20. The van der Waals surface area contributed by atoms with Crippen LogP contribution >= 0.6 is 0 Å². The highest BCUT2D eigenvalue weighted by molar-refractivity contribution is 6.06. The molecule has 2 unspecified atom stereocenters. The van der Waals surface area contributed by atoms with Crippen molar-refractivity contribution in [1.29, 1.82) is 0 Å². The standard InChI is InChI=1S/C13H22N2O4/c1-5-9(6-2)15-11(16)7-10(12(15)17)14-8(3)13(18)19-4/h8-10,14H,5-7H2,1-4H3. The summed E-state index contributed by atoms with van der Waals surface area (Å²) in [6.07, 6.45) is 1.59. The minimum Gasteiger partial charge on any atom is -0.468 e. The Kier molecular flexibility index (Phi) is 5.47. The second-order valence-electron chi connectivity index (χ2n) is 4.74. The Labute approximate surface area is 113 Å². The smallest absolute Gasteiger partial charge is 0.322 e. The van der Waals surface area contributed by atoms with Crippen LogP contribution in [0.2, 0.25) is 0 Å². The molecule has 0 radical (unpaired) electrons. The van der Waals surface area contributed by atoms with Crippen LogP contribution in [0.5, 0.6) is 0 Å². The van der Waals surface area contributed by atoms with E-state index in [-0.39, 0.29) is 24.3 Å². The molecule has 1 saturated heterocycles.